The Bertz CT molecular complexity index is 748. The van der Waals surface area contributed by atoms with Crippen molar-refractivity contribution in [1.82, 2.24) is 5.43 Å². The molecular formula is C16H14Cl2N2O3. The normalized spacial score (nSPS) is 10.7. The van der Waals surface area contributed by atoms with Gasteiger partial charge in [0, 0.05) is 10.6 Å². The standard InChI is InChI=1S/C16H14Cl2N2O3/c1-10-3-2-4-11(16(10)22)8-19-20-15(21)9-23-14-6-5-12(17)7-13(14)18/h2-8,22H,9H2,1H3,(H,20,21)/b19-8+. The summed E-state index contributed by atoms with van der Waals surface area (Å²) in [6.45, 7) is 1.52. The zero-order valence-corrected chi connectivity index (χ0v) is 13.7. The first-order valence-electron chi connectivity index (χ1n) is 6.65. The number of hydrogen-bond acceptors (Lipinski definition) is 4. The van der Waals surface area contributed by atoms with Crippen molar-refractivity contribution in [3.63, 3.8) is 0 Å². The van der Waals surface area contributed by atoms with Gasteiger partial charge in [0.25, 0.3) is 5.91 Å². The number of nitrogens with zero attached hydrogens (tertiary/aromatic N) is 1. The molecular weight excluding hydrogens is 339 g/mol. The number of ether oxygens (including phenoxy) is 1. The van der Waals surface area contributed by atoms with Gasteiger partial charge in [0.05, 0.1) is 11.2 Å². The van der Waals surface area contributed by atoms with E-state index < -0.39 is 5.91 Å². The fourth-order valence-corrected chi connectivity index (χ4v) is 2.19. The number of carbonyl (C=O) groups excluding carboxylic acids is 1. The average Bonchev–Trinajstić information content (AvgIpc) is 2.50. The minimum Gasteiger partial charge on any atom is -0.507 e. The number of carbonyl (C=O) groups is 1. The molecule has 0 saturated carbocycles. The number of phenols is 1. The predicted molar refractivity (Wildman–Crippen MR) is 90.5 cm³/mol. The second-order valence-electron chi connectivity index (χ2n) is 4.67. The van der Waals surface area contributed by atoms with Gasteiger partial charge >= 0.3 is 0 Å². The summed E-state index contributed by atoms with van der Waals surface area (Å²) in [4.78, 5) is 11.7. The van der Waals surface area contributed by atoms with Crippen LogP contribution in [-0.2, 0) is 4.79 Å². The van der Waals surface area contributed by atoms with E-state index in [-0.39, 0.29) is 12.4 Å². The molecule has 2 rings (SSSR count). The maximum atomic E-state index is 11.7. The number of nitrogens with one attached hydrogen (secondary N) is 1. The Balaban J connectivity index is 1.87. The Labute approximate surface area is 143 Å². The van der Waals surface area contributed by atoms with Crippen LogP contribution in [-0.4, -0.2) is 23.8 Å². The number of hydrogen-bond donors (Lipinski definition) is 2. The Morgan fingerprint density at radius 2 is 2.13 bits per heavy atom. The highest BCUT2D eigenvalue weighted by Crippen LogP contribution is 2.27. The van der Waals surface area contributed by atoms with E-state index in [0.29, 0.717) is 21.4 Å². The van der Waals surface area contributed by atoms with Gasteiger partial charge in [-0.3, -0.25) is 4.79 Å². The zero-order valence-electron chi connectivity index (χ0n) is 12.2. The highest BCUT2D eigenvalue weighted by Gasteiger charge is 2.06. The number of aryl methyl sites for hydroxylation is 1. The lowest BCUT2D eigenvalue weighted by molar-refractivity contribution is -0.123. The number of halogens is 2. The van der Waals surface area contributed by atoms with E-state index in [0.717, 1.165) is 5.56 Å². The third-order valence-electron chi connectivity index (χ3n) is 2.91. The van der Waals surface area contributed by atoms with Crippen LogP contribution in [0.15, 0.2) is 41.5 Å². The molecule has 0 fully saturated rings. The lowest BCUT2D eigenvalue weighted by Gasteiger charge is -2.07. The van der Waals surface area contributed by atoms with Crippen molar-refractivity contribution in [3.8, 4) is 11.5 Å². The Hall–Kier alpha value is -2.24. The van der Waals surface area contributed by atoms with Crippen molar-refractivity contribution in [2.45, 2.75) is 6.92 Å². The van der Waals surface area contributed by atoms with Crippen molar-refractivity contribution in [2.75, 3.05) is 6.61 Å². The average molecular weight is 353 g/mol. The molecule has 0 aromatic heterocycles. The van der Waals surface area contributed by atoms with Gasteiger partial charge in [-0.2, -0.15) is 5.10 Å². The van der Waals surface area contributed by atoms with Gasteiger partial charge in [0.2, 0.25) is 0 Å². The minimum absolute atomic E-state index is 0.120. The number of benzene rings is 2. The molecule has 5 nitrogen and oxygen atoms in total. The monoisotopic (exact) mass is 352 g/mol. The van der Waals surface area contributed by atoms with Crippen molar-refractivity contribution in [3.05, 3.63) is 57.6 Å². The van der Waals surface area contributed by atoms with E-state index in [1.165, 1.54) is 12.3 Å². The van der Waals surface area contributed by atoms with Crippen LogP contribution in [0.25, 0.3) is 0 Å². The number of amides is 1. The Kier molecular flexibility index (Phi) is 5.84. The van der Waals surface area contributed by atoms with Gasteiger partial charge in [-0.25, -0.2) is 5.43 Å². The smallest absolute Gasteiger partial charge is 0.277 e. The molecule has 0 heterocycles. The van der Waals surface area contributed by atoms with Crippen LogP contribution in [0.3, 0.4) is 0 Å². The molecule has 23 heavy (non-hydrogen) atoms. The minimum atomic E-state index is -0.459. The lowest BCUT2D eigenvalue weighted by Crippen LogP contribution is -2.24. The fourth-order valence-electron chi connectivity index (χ4n) is 1.73. The van der Waals surface area contributed by atoms with E-state index >= 15 is 0 Å². The summed E-state index contributed by atoms with van der Waals surface area (Å²) in [5.74, 6) is 0.0145. The van der Waals surface area contributed by atoms with Crippen molar-refractivity contribution >= 4 is 35.3 Å². The number of aromatic hydroxyl groups is 1. The third-order valence-corrected chi connectivity index (χ3v) is 3.45. The van der Waals surface area contributed by atoms with Crippen molar-refractivity contribution in [2.24, 2.45) is 5.10 Å². The first-order chi connectivity index (χ1) is 11.0. The second-order valence-corrected chi connectivity index (χ2v) is 5.51. The van der Waals surface area contributed by atoms with E-state index in [9.17, 15) is 9.90 Å². The molecule has 1 amide bonds. The maximum Gasteiger partial charge on any atom is 0.277 e. The van der Waals surface area contributed by atoms with Gasteiger partial charge in [0.15, 0.2) is 6.61 Å². The van der Waals surface area contributed by atoms with Gasteiger partial charge in [-0.1, -0.05) is 35.3 Å². The van der Waals surface area contributed by atoms with E-state index in [4.69, 9.17) is 27.9 Å². The number of rotatable bonds is 5. The van der Waals surface area contributed by atoms with Gasteiger partial charge in [0.1, 0.15) is 11.5 Å². The van der Waals surface area contributed by atoms with Crippen LogP contribution in [0.1, 0.15) is 11.1 Å². The molecule has 0 unspecified atom stereocenters. The van der Waals surface area contributed by atoms with E-state index in [1.54, 1.807) is 37.3 Å². The molecule has 2 N–H and O–H groups in total. The van der Waals surface area contributed by atoms with Crippen LogP contribution < -0.4 is 10.2 Å². The summed E-state index contributed by atoms with van der Waals surface area (Å²) >= 11 is 11.7. The quantitative estimate of drug-likeness (QED) is 0.638. The molecule has 7 heteroatoms. The molecule has 120 valence electrons. The van der Waals surface area contributed by atoms with Gasteiger partial charge < -0.3 is 9.84 Å². The lowest BCUT2D eigenvalue weighted by atomic mass is 10.1. The molecule has 0 saturated heterocycles. The number of phenolic OH excluding ortho intramolecular Hbond substituents is 1. The first kappa shape index (κ1) is 17.1. The largest absolute Gasteiger partial charge is 0.507 e. The summed E-state index contributed by atoms with van der Waals surface area (Å²) in [5.41, 5.74) is 3.53. The molecule has 0 spiro atoms. The molecule has 2 aromatic carbocycles. The molecule has 0 aliphatic heterocycles. The molecule has 0 aliphatic rings. The summed E-state index contributed by atoms with van der Waals surface area (Å²) in [6.07, 6.45) is 1.36. The summed E-state index contributed by atoms with van der Waals surface area (Å²) in [6, 6.07) is 9.95. The van der Waals surface area contributed by atoms with Crippen LogP contribution in [0.5, 0.6) is 11.5 Å². The molecule has 2 aromatic rings. The molecule has 0 atom stereocenters. The zero-order chi connectivity index (χ0) is 16.8. The summed E-state index contributed by atoms with van der Waals surface area (Å²) < 4.78 is 5.27. The number of hydrazone groups is 1. The highest BCUT2D eigenvalue weighted by atomic mass is 35.5. The molecule has 0 aliphatic carbocycles. The SMILES string of the molecule is Cc1cccc(/C=N/NC(=O)COc2ccc(Cl)cc2Cl)c1O. The van der Waals surface area contributed by atoms with Crippen LogP contribution in [0.4, 0.5) is 0 Å². The van der Waals surface area contributed by atoms with Crippen LogP contribution in [0, 0.1) is 6.92 Å². The fraction of sp³-hybridized carbons (Fsp3) is 0.125. The third kappa shape index (κ3) is 4.87. The predicted octanol–water partition coefficient (Wildman–Crippen LogP) is 3.54. The topological polar surface area (TPSA) is 70.9 Å². The Morgan fingerprint density at radius 3 is 2.87 bits per heavy atom. The second kappa shape index (κ2) is 7.85. The van der Waals surface area contributed by atoms with Crippen LogP contribution >= 0.6 is 23.2 Å². The number of para-hydroxylation sites is 1. The van der Waals surface area contributed by atoms with E-state index in [2.05, 4.69) is 10.5 Å². The Morgan fingerprint density at radius 1 is 1.35 bits per heavy atom. The van der Waals surface area contributed by atoms with Crippen molar-refractivity contribution < 1.29 is 14.6 Å². The summed E-state index contributed by atoms with van der Waals surface area (Å²) in [7, 11) is 0. The highest BCUT2D eigenvalue weighted by molar-refractivity contribution is 6.35. The molecule has 0 radical (unpaired) electrons. The van der Waals surface area contributed by atoms with Gasteiger partial charge in [-0.15, -0.1) is 0 Å². The maximum absolute atomic E-state index is 11.7. The summed E-state index contributed by atoms with van der Waals surface area (Å²) in [5, 5.41) is 14.4. The molecule has 0 bridgehead atoms. The van der Waals surface area contributed by atoms with Crippen LogP contribution in [0.2, 0.25) is 10.0 Å². The first-order valence-corrected chi connectivity index (χ1v) is 7.41. The van der Waals surface area contributed by atoms with E-state index in [1.807, 2.05) is 0 Å². The van der Waals surface area contributed by atoms with Crippen molar-refractivity contribution in [1.29, 1.82) is 0 Å². The van der Waals surface area contributed by atoms with Gasteiger partial charge in [-0.05, 0) is 36.8 Å².